The lowest BCUT2D eigenvalue weighted by Gasteiger charge is -2.20. The van der Waals surface area contributed by atoms with Crippen molar-refractivity contribution < 1.29 is 4.74 Å². The minimum Gasteiger partial charge on any atom is -0.494 e. The van der Waals surface area contributed by atoms with Crippen LogP contribution in [0.25, 0.3) is 0 Å². The third kappa shape index (κ3) is 4.57. The molecule has 0 radical (unpaired) electrons. The summed E-state index contributed by atoms with van der Waals surface area (Å²) in [6.07, 6.45) is 5.85. The highest BCUT2D eigenvalue weighted by atomic mass is 16.5. The van der Waals surface area contributed by atoms with Crippen molar-refractivity contribution in [2.75, 3.05) is 13.2 Å². The summed E-state index contributed by atoms with van der Waals surface area (Å²) >= 11 is 0. The van der Waals surface area contributed by atoms with Crippen LogP contribution in [-0.4, -0.2) is 18.1 Å². The van der Waals surface area contributed by atoms with Gasteiger partial charge in [0.25, 0.3) is 0 Å². The molecule has 1 heterocycles. The monoisotopic (exact) mass is 284 g/mol. The van der Waals surface area contributed by atoms with E-state index in [-0.39, 0.29) is 6.04 Å². The van der Waals surface area contributed by atoms with Crippen molar-refractivity contribution in [3.8, 4) is 5.75 Å². The van der Waals surface area contributed by atoms with Gasteiger partial charge in [0.15, 0.2) is 0 Å². The van der Waals surface area contributed by atoms with Crippen LogP contribution in [0.2, 0.25) is 0 Å². The van der Waals surface area contributed by atoms with E-state index in [1.165, 1.54) is 11.1 Å². The molecule has 0 saturated carbocycles. The number of hydrogen-bond donors (Lipinski definition) is 1. The van der Waals surface area contributed by atoms with E-state index in [4.69, 9.17) is 4.74 Å². The van der Waals surface area contributed by atoms with Crippen molar-refractivity contribution in [2.24, 2.45) is 0 Å². The number of nitrogens with one attached hydrogen (secondary N) is 1. The minimum atomic E-state index is 0.156. The Morgan fingerprint density at radius 3 is 2.67 bits per heavy atom. The molecule has 0 aliphatic rings. The first-order valence-corrected chi connectivity index (χ1v) is 7.71. The molecule has 1 aromatic carbocycles. The highest BCUT2D eigenvalue weighted by molar-refractivity contribution is 5.35. The lowest BCUT2D eigenvalue weighted by atomic mass is 10.00. The number of ether oxygens (including phenoxy) is 1. The number of pyridine rings is 1. The van der Waals surface area contributed by atoms with Crippen molar-refractivity contribution in [3.63, 3.8) is 0 Å². The van der Waals surface area contributed by atoms with Gasteiger partial charge >= 0.3 is 0 Å². The number of nitrogens with zero attached hydrogens (tertiary/aromatic N) is 1. The fourth-order valence-electron chi connectivity index (χ4n) is 2.27. The first-order valence-electron chi connectivity index (χ1n) is 7.71. The molecule has 2 rings (SSSR count). The standard InChI is InChI=1S/C18H24N2O/c1-3-10-20-18(16-8-6-11-19-14-16)15-7-5-9-17(13-15)21-12-4-2/h5-9,11,13-14,18,20H,3-4,10,12H2,1-2H3. The SMILES string of the molecule is CCCNC(c1cccnc1)c1cccc(OCCC)c1. The highest BCUT2D eigenvalue weighted by Gasteiger charge is 2.14. The summed E-state index contributed by atoms with van der Waals surface area (Å²) in [4.78, 5) is 4.24. The Morgan fingerprint density at radius 1 is 1.10 bits per heavy atom. The highest BCUT2D eigenvalue weighted by Crippen LogP contribution is 2.25. The average molecular weight is 284 g/mol. The maximum atomic E-state index is 5.74. The van der Waals surface area contributed by atoms with E-state index >= 15 is 0 Å². The van der Waals surface area contributed by atoms with Crippen LogP contribution in [0, 0.1) is 0 Å². The van der Waals surface area contributed by atoms with E-state index in [0.29, 0.717) is 0 Å². The van der Waals surface area contributed by atoms with Crippen molar-refractivity contribution in [1.82, 2.24) is 10.3 Å². The summed E-state index contributed by atoms with van der Waals surface area (Å²) in [7, 11) is 0. The van der Waals surface area contributed by atoms with Crippen molar-refractivity contribution in [1.29, 1.82) is 0 Å². The Bertz CT molecular complexity index is 528. The molecule has 112 valence electrons. The predicted molar refractivity (Wildman–Crippen MR) is 86.6 cm³/mol. The van der Waals surface area contributed by atoms with E-state index < -0.39 is 0 Å². The van der Waals surface area contributed by atoms with Crippen molar-refractivity contribution in [3.05, 3.63) is 59.9 Å². The van der Waals surface area contributed by atoms with Gasteiger partial charge in [-0.05, 0) is 48.7 Å². The Labute approximate surface area is 127 Å². The summed E-state index contributed by atoms with van der Waals surface area (Å²) in [6, 6.07) is 12.6. The van der Waals surface area contributed by atoms with E-state index in [2.05, 4.69) is 48.4 Å². The lowest BCUT2D eigenvalue weighted by molar-refractivity contribution is 0.317. The van der Waals surface area contributed by atoms with Crippen LogP contribution in [0.3, 0.4) is 0 Å². The molecule has 1 N–H and O–H groups in total. The number of rotatable bonds is 8. The van der Waals surface area contributed by atoms with E-state index in [0.717, 1.165) is 31.7 Å². The smallest absolute Gasteiger partial charge is 0.119 e. The number of benzene rings is 1. The molecule has 0 aliphatic heterocycles. The lowest BCUT2D eigenvalue weighted by Crippen LogP contribution is -2.23. The van der Waals surface area contributed by atoms with Gasteiger partial charge in [0.1, 0.15) is 5.75 Å². The zero-order chi connectivity index (χ0) is 14.9. The third-order valence-electron chi connectivity index (χ3n) is 3.28. The molecule has 0 fully saturated rings. The molecule has 21 heavy (non-hydrogen) atoms. The van der Waals surface area contributed by atoms with E-state index in [1.54, 1.807) is 6.20 Å². The van der Waals surface area contributed by atoms with Crippen LogP contribution >= 0.6 is 0 Å². The van der Waals surface area contributed by atoms with Crippen LogP contribution in [-0.2, 0) is 0 Å². The quantitative estimate of drug-likeness (QED) is 0.796. The summed E-state index contributed by atoms with van der Waals surface area (Å²) in [5, 5.41) is 3.59. The summed E-state index contributed by atoms with van der Waals surface area (Å²) < 4.78 is 5.74. The molecule has 2 aromatic rings. The van der Waals surface area contributed by atoms with E-state index in [1.807, 2.05) is 18.3 Å². The van der Waals surface area contributed by atoms with Crippen LogP contribution in [0.1, 0.15) is 43.9 Å². The predicted octanol–water partition coefficient (Wildman–Crippen LogP) is 3.96. The molecule has 1 unspecified atom stereocenters. The summed E-state index contributed by atoms with van der Waals surface area (Å²) in [5.74, 6) is 0.932. The molecular formula is C18H24N2O. The molecule has 0 spiro atoms. The Hall–Kier alpha value is -1.87. The Morgan fingerprint density at radius 2 is 1.95 bits per heavy atom. The zero-order valence-electron chi connectivity index (χ0n) is 12.9. The first-order chi connectivity index (χ1) is 10.3. The Balaban J connectivity index is 2.23. The molecule has 1 atom stereocenters. The van der Waals surface area contributed by atoms with Crippen LogP contribution in [0.5, 0.6) is 5.75 Å². The summed E-state index contributed by atoms with van der Waals surface area (Å²) in [5.41, 5.74) is 2.39. The van der Waals surface area contributed by atoms with Crippen LogP contribution in [0.15, 0.2) is 48.8 Å². The first kappa shape index (κ1) is 15.5. The molecule has 1 aromatic heterocycles. The van der Waals surface area contributed by atoms with Crippen LogP contribution in [0.4, 0.5) is 0 Å². The van der Waals surface area contributed by atoms with Crippen molar-refractivity contribution in [2.45, 2.75) is 32.7 Å². The van der Waals surface area contributed by atoms with Gasteiger partial charge in [0.05, 0.1) is 12.6 Å². The van der Waals surface area contributed by atoms with Crippen molar-refractivity contribution >= 4 is 0 Å². The number of hydrogen-bond acceptors (Lipinski definition) is 3. The molecule has 3 nitrogen and oxygen atoms in total. The minimum absolute atomic E-state index is 0.156. The van der Waals surface area contributed by atoms with Gasteiger partial charge in [-0.25, -0.2) is 0 Å². The second kappa shape index (κ2) is 8.42. The molecular weight excluding hydrogens is 260 g/mol. The second-order valence-electron chi connectivity index (χ2n) is 5.09. The second-order valence-corrected chi connectivity index (χ2v) is 5.09. The van der Waals surface area contributed by atoms with Gasteiger partial charge in [-0.15, -0.1) is 0 Å². The molecule has 0 aliphatic carbocycles. The van der Waals surface area contributed by atoms with Crippen LogP contribution < -0.4 is 10.1 Å². The van der Waals surface area contributed by atoms with Gasteiger partial charge in [0.2, 0.25) is 0 Å². The van der Waals surface area contributed by atoms with Gasteiger partial charge < -0.3 is 10.1 Å². The number of aromatic nitrogens is 1. The zero-order valence-corrected chi connectivity index (χ0v) is 12.9. The maximum Gasteiger partial charge on any atom is 0.119 e. The van der Waals surface area contributed by atoms with Gasteiger partial charge in [-0.2, -0.15) is 0 Å². The normalized spacial score (nSPS) is 12.1. The Kier molecular flexibility index (Phi) is 6.22. The average Bonchev–Trinajstić information content (AvgIpc) is 2.55. The summed E-state index contributed by atoms with van der Waals surface area (Å²) in [6.45, 7) is 6.02. The molecule has 3 heteroatoms. The molecule has 0 amide bonds. The molecule has 0 saturated heterocycles. The molecule has 0 bridgehead atoms. The maximum absolute atomic E-state index is 5.74. The van der Waals surface area contributed by atoms with Gasteiger partial charge in [-0.1, -0.05) is 32.0 Å². The third-order valence-corrected chi connectivity index (χ3v) is 3.28. The largest absolute Gasteiger partial charge is 0.494 e. The van der Waals surface area contributed by atoms with Gasteiger partial charge in [0, 0.05) is 12.4 Å². The fraction of sp³-hybridized carbons (Fsp3) is 0.389. The topological polar surface area (TPSA) is 34.2 Å². The fourth-order valence-corrected chi connectivity index (χ4v) is 2.27. The van der Waals surface area contributed by atoms with E-state index in [9.17, 15) is 0 Å². The van der Waals surface area contributed by atoms with Gasteiger partial charge in [-0.3, -0.25) is 4.98 Å².